The molecule has 1 aromatic heterocycles. The van der Waals surface area contributed by atoms with Gasteiger partial charge in [0.05, 0.1) is 0 Å². The van der Waals surface area contributed by atoms with Crippen LogP contribution in [0, 0.1) is 6.92 Å². The summed E-state index contributed by atoms with van der Waals surface area (Å²) in [6.45, 7) is 8.04. The van der Waals surface area contributed by atoms with Gasteiger partial charge in [-0.3, -0.25) is 0 Å². The van der Waals surface area contributed by atoms with Gasteiger partial charge in [-0.05, 0) is 37.5 Å². The van der Waals surface area contributed by atoms with E-state index in [9.17, 15) is 0 Å². The highest BCUT2D eigenvalue weighted by atomic mass is 15.2. The number of rotatable bonds is 7. The maximum Gasteiger partial charge on any atom is 0.229 e. The first-order valence-electron chi connectivity index (χ1n) is 9.19. The Morgan fingerprint density at radius 2 is 1.65 bits per heavy atom. The van der Waals surface area contributed by atoms with Crippen LogP contribution in [-0.2, 0) is 13.0 Å². The van der Waals surface area contributed by atoms with Crippen LogP contribution < -0.4 is 10.2 Å². The van der Waals surface area contributed by atoms with Crippen molar-refractivity contribution in [1.82, 2.24) is 9.97 Å². The molecule has 0 amide bonds. The molecule has 0 radical (unpaired) electrons. The Hall–Kier alpha value is -2.88. The van der Waals surface area contributed by atoms with Gasteiger partial charge in [0.15, 0.2) is 0 Å². The quantitative estimate of drug-likeness (QED) is 0.645. The maximum atomic E-state index is 4.78. The lowest BCUT2D eigenvalue weighted by atomic mass is 10.1. The minimum atomic E-state index is 0.646. The molecule has 3 aromatic rings. The zero-order chi connectivity index (χ0) is 18.4. The maximum absolute atomic E-state index is 4.78. The number of nitrogens with one attached hydrogen (secondary N) is 1. The van der Waals surface area contributed by atoms with Gasteiger partial charge in [-0.15, -0.1) is 0 Å². The molecule has 1 N–H and O–H groups in total. The topological polar surface area (TPSA) is 41.1 Å². The van der Waals surface area contributed by atoms with Crippen molar-refractivity contribution in [1.29, 1.82) is 0 Å². The van der Waals surface area contributed by atoms with Crippen molar-refractivity contribution >= 4 is 17.5 Å². The van der Waals surface area contributed by atoms with Gasteiger partial charge in [-0.1, -0.05) is 55.5 Å². The van der Waals surface area contributed by atoms with Gasteiger partial charge in [-0.2, -0.15) is 4.98 Å². The van der Waals surface area contributed by atoms with Crippen molar-refractivity contribution in [3.63, 3.8) is 0 Å². The van der Waals surface area contributed by atoms with Crippen molar-refractivity contribution in [3.8, 4) is 0 Å². The average molecular weight is 346 g/mol. The highest BCUT2D eigenvalue weighted by Crippen LogP contribution is 2.22. The second-order valence-electron chi connectivity index (χ2n) is 6.33. The van der Waals surface area contributed by atoms with Crippen LogP contribution in [0.15, 0.2) is 60.7 Å². The summed E-state index contributed by atoms with van der Waals surface area (Å²) in [5.74, 6) is 1.59. The lowest BCUT2D eigenvalue weighted by Crippen LogP contribution is -2.23. The largest absolute Gasteiger partial charge is 0.352 e. The monoisotopic (exact) mass is 346 g/mol. The molecule has 0 saturated heterocycles. The van der Waals surface area contributed by atoms with Crippen molar-refractivity contribution in [2.45, 2.75) is 33.7 Å². The van der Waals surface area contributed by atoms with E-state index in [2.05, 4.69) is 71.5 Å². The van der Waals surface area contributed by atoms with E-state index in [0.717, 1.165) is 36.7 Å². The van der Waals surface area contributed by atoms with Crippen molar-refractivity contribution in [2.24, 2.45) is 0 Å². The van der Waals surface area contributed by atoms with Gasteiger partial charge in [0, 0.05) is 30.5 Å². The molecule has 0 fully saturated rings. The molecular formula is C22H26N4. The van der Waals surface area contributed by atoms with E-state index < -0.39 is 0 Å². The third-order valence-electron chi connectivity index (χ3n) is 4.41. The first-order chi connectivity index (χ1) is 12.7. The molecule has 0 saturated carbocycles. The number of anilines is 3. The smallest absolute Gasteiger partial charge is 0.229 e. The number of benzene rings is 2. The van der Waals surface area contributed by atoms with Gasteiger partial charge in [0.1, 0.15) is 5.82 Å². The van der Waals surface area contributed by atoms with Gasteiger partial charge in [-0.25, -0.2) is 4.98 Å². The Morgan fingerprint density at radius 3 is 2.38 bits per heavy atom. The number of hydrogen-bond donors (Lipinski definition) is 1. The molecule has 3 rings (SSSR count). The lowest BCUT2D eigenvalue weighted by Gasteiger charge is -2.23. The molecule has 0 aliphatic heterocycles. The summed E-state index contributed by atoms with van der Waals surface area (Å²) in [6.07, 6.45) is 0.969. The Kier molecular flexibility index (Phi) is 5.84. The summed E-state index contributed by atoms with van der Waals surface area (Å²) in [7, 11) is 0. The highest BCUT2D eigenvalue weighted by Gasteiger charge is 2.11. The fourth-order valence-electron chi connectivity index (χ4n) is 3.00. The van der Waals surface area contributed by atoms with E-state index in [1.54, 1.807) is 0 Å². The molecule has 1 heterocycles. The normalized spacial score (nSPS) is 10.6. The van der Waals surface area contributed by atoms with Crippen LogP contribution >= 0.6 is 0 Å². The molecular weight excluding hydrogens is 320 g/mol. The summed E-state index contributed by atoms with van der Waals surface area (Å²) in [6, 6.07) is 20.8. The molecule has 0 aliphatic rings. The van der Waals surface area contributed by atoms with Gasteiger partial charge in [0.25, 0.3) is 0 Å². The van der Waals surface area contributed by atoms with Crippen LogP contribution in [0.4, 0.5) is 17.5 Å². The van der Waals surface area contributed by atoms with E-state index in [0.29, 0.717) is 5.95 Å². The molecule has 0 bridgehead atoms. The van der Waals surface area contributed by atoms with Crippen LogP contribution in [0.3, 0.4) is 0 Å². The minimum Gasteiger partial charge on any atom is -0.352 e. The van der Waals surface area contributed by atoms with E-state index in [1.165, 1.54) is 11.1 Å². The van der Waals surface area contributed by atoms with Gasteiger partial charge in [0.2, 0.25) is 5.95 Å². The SMILES string of the molecule is CCc1ccccc1Nc1nc(C)cc(N(CC)Cc2ccccc2)n1. The Bertz CT molecular complexity index is 846. The fraction of sp³-hybridized carbons (Fsp3) is 0.273. The summed E-state index contributed by atoms with van der Waals surface area (Å²) in [4.78, 5) is 11.6. The van der Waals surface area contributed by atoms with Crippen LogP contribution in [-0.4, -0.2) is 16.5 Å². The number of nitrogens with zero attached hydrogens (tertiary/aromatic N) is 3. The van der Waals surface area contributed by atoms with E-state index >= 15 is 0 Å². The molecule has 0 spiro atoms. The standard InChI is InChI=1S/C22H26N4/c1-4-19-13-9-10-14-20(19)24-22-23-17(3)15-21(25-22)26(5-2)16-18-11-7-6-8-12-18/h6-15H,4-5,16H2,1-3H3,(H,23,24,25). The molecule has 2 aromatic carbocycles. The zero-order valence-electron chi connectivity index (χ0n) is 15.7. The molecule has 0 atom stereocenters. The number of aromatic nitrogens is 2. The van der Waals surface area contributed by atoms with Crippen LogP contribution in [0.2, 0.25) is 0 Å². The van der Waals surface area contributed by atoms with Gasteiger partial charge >= 0.3 is 0 Å². The Labute approximate surface area is 155 Å². The van der Waals surface area contributed by atoms with E-state index in [4.69, 9.17) is 4.98 Å². The summed E-state index contributed by atoms with van der Waals surface area (Å²) in [5.41, 5.74) is 4.56. The zero-order valence-corrected chi connectivity index (χ0v) is 15.7. The Balaban J connectivity index is 1.86. The number of para-hydroxylation sites is 1. The minimum absolute atomic E-state index is 0.646. The predicted molar refractivity (Wildman–Crippen MR) is 109 cm³/mol. The summed E-state index contributed by atoms with van der Waals surface area (Å²) in [5, 5.41) is 3.40. The van der Waals surface area contributed by atoms with E-state index in [-0.39, 0.29) is 0 Å². The number of hydrogen-bond acceptors (Lipinski definition) is 4. The molecule has 26 heavy (non-hydrogen) atoms. The third-order valence-corrected chi connectivity index (χ3v) is 4.41. The van der Waals surface area contributed by atoms with Crippen LogP contribution in [0.25, 0.3) is 0 Å². The first-order valence-corrected chi connectivity index (χ1v) is 9.19. The van der Waals surface area contributed by atoms with Crippen molar-refractivity contribution in [2.75, 3.05) is 16.8 Å². The second-order valence-corrected chi connectivity index (χ2v) is 6.33. The number of aryl methyl sites for hydroxylation is 2. The third kappa shape index (κ3) is 4.39. The molecule has 4 heteroatoms. The van der Waals surface area contributed by atoms with Crippen LogP contribution in [0.5, 0.6) is 0 Å². The Morgan fingerprint density at radius 1 is 0.923 bits per heavy atom. The first kappa shape index (κ1) is 17.9. The summed E-state index contributed by atoms with van der Waals surface area (Å²) < 4.78 is 0. The molecule has 0 aliphatic carbocycles. The molecule has 4 nitrogen and oxygen atoms in total. The second kappa shape index (κ2) is 8.48. The van der Waals surface area contributed by atoms with Crippen molar-refractivity contribution < 1.29 is 0 Å². The van der Waals surface area contributed by atoms with Crippen molar-refractivity contribution in [3.05, 3.63) is 77.5 Å². The molecule has 134 valence electrons. The lowest BCUT2D eigenvalue weighted by molar-refractivity contribution is 0.809. The highest BCUT2D eigenvalue weighted by molar-refractivity contribution is 5.60. The fourth-order valence-corrected chi connectivity index (χ4v) is 3.00. The van der Waals surface area contributed by atoms with Crippen LogP contribution in [0.1, 0.15) is 30.7 Å². The predicted octanol–water partition coefficient (Wildman–Crippen LogP) is 5.12. The summed E-state index contributed by atoms with van der Waals surface area (Å²) >= 11 is 0. The molecule has 0 unspecified atom stereocenters. The van der Waals surface area contributed by atoms with E-state index in [1.807, 2.05) is 25.1 Å². The van der Waals surface area contributed by atoms with Gasteiger partial charge < -0.3 is 10.2 Å². The average Bonchev–Trinajstić information content (AvgIpc) is 2.67.